The minimum absolute atomic E-state index is 0.124. The minimum Gasteiger partial charge on any atom is -0.439 e. The van der Waals surface area contributed by atoms with Crippen molar-refractivity contribution in [3.8, 4) is 11.6 Å². The smallest absolute Gasteiger partial charge is 0.256 e. The molecular formula is C18H21N3O3. The molecule has 0 spiro atoms. The van der Waals surface area contributed by atoms with E-state index in [1.807, 2.05) is 30.3 Å². The van der Waals surface area contributed by atoms with Crippen molar-refractivity contribution in [2.45, 2.75) is 18.4 Å². The number of pyridine rings is 1. The third kappa shape index (κ3) is 3.72. The number of carbonyl (C=O) groups is 1. The number of hydrogen-bond donors (Lipinski definition) is 2. The van der Waals surface area contributed by atoms with Crippen LogP contribution in [0.4, 0.5) is 5.69 Å². The summed E-state index contributed by atoms with van der Waals surface area (Å²) in [5, 5.41) is 6.18. The van der Waals surface area contributed by atoms with Gasteiger partial charge in [-0.15, -0.1) is 0 Å². The molecule has 0 aliphatic carbocycles. The molecule has 6 nitrogen and oxygen atoms in total. The molecule has 1 aliphatic rings. The van der Waals surface area contributed by atoms with Crippen LogP contribution < -0.4 is 15.4 Å². The van der Waals surface area contributed by atoms with Gasteiger partial charge in [-0.2, -0.15) is 0 Å². The molecule has 2 heterocycles. The maximum absolute atomic E-state index is 12.7. The van der Waals surface area contributed by atoms with Crippen LogP contribution in [0.3, 0.4) is 0 Å². The average Bonchev–Trinajstić information content (AvgIpc) is 2.63. The Hall–Kier alpha value is -2.44. The maximum Gasteiger partial charge on any atom is 0.256 e. The van der Waals surface area contributed by atoms with Crippen molar-refractivity contribution in [1.82, 2.24) is 10.3 Å². The topological polar surface area (TPSA) is 72.5 Å². The Morgan fingerprint density at radius 2 is 2.04 bits per heavy atom. The zero-order valence-electron chi connectivity index (χ0n) is 13.6. The molecule has 6 heteroatoms. The van der Waals surface area contributed by atoms with E-state index >= 15 is 0 Å². The van der Waals surface area contributed by atoms with Crippen molar-refractivity contribution in [1.29, 1.82) is 0 Å². The first-order valence-corrected chi connectivity index (χ1v) is 7.98. The molecular weight excluding hydrogens is 306 g/mol. The molecule has 0 unspecified atom stereocenters. The van der Waals surface area contributed by atoms with Gasteiger partial charge in [0, 0.05) is 31.1 Å². The molecule has 24 heavy (non-hydrogen) atoms. The molecule has 1 aromatic carbocycles. The molecule has 0 saturated carbocycles. The molecule has 1 aliphatic heterocycles. The summed E-state index contributed by atoms with van der Waals surface area (Å²) < 4.78 is 11.2. The molecule has 1 saturated heterocycles. The second-order valence-corrected chi connectivity index (χ2v) is 5.70. The standard InChI is InChI=1S/C18H21N3O3/c1-23-18(8-11-19-12-9-18)17(22)21-14-5-4-6-15(13-14)24-16-7-2-3-10-20-16/h2-7,10,13,19H,8-9,11-12H2,1H3,(H,21,22). The normalized spacial score (nSPS) is 16.4. The highest BCUT2D eigenvalue weighted by molar-refractivity contribution is 5.97. The lowest BCUT2D eigenvalue weighted by atomic mass is 9.91. The van der Waals surface area contributed by atoms with Gasteiger partial charge in [0.2, 0.25) is 5.88 Å². The number of carbonyl (C=O) groups excluding carboxylic acids is 1. The van der Waals surface area contributed by atoms with Crippen molar-refractivity contribution in [3.05, 3.63) is 48.7 Å². The lowest BCUT2D eigenvalue weighted by molar-refractivity contribution is -0.140. The highest BCUT2D eigenvalue weighted by Gasteiger charge is 2.39. The SMILES string of the molecule is COC1(C(=O)Nc2cccc(Oc3ccccn3)c2)CCNCC1. The number of aromatic nitrogens is 1. The lowest BCUT2D eigenvalue weighted by Gasteiger charge is -2.34. The summed E-state index contributed by atoms with van der Waals surface area (Å²) >= 11 is 0. The fraction of sp³-hybridized carbons (Fsp3) is 0.333. The van der Waals surface area contributed by atoms with E-state index in [9.17, 15) is 4.79 Å². The Labute approximate surface area is 141 Å². The number of ether oxygens (including phenoxy) is 2. The second kappa shape index (κ2) is 7.42. The van der Waals surface area contributed by atoms with Crippen LogP contribution in [0.15, 0.2) is 48.7 Å². The van der Waals surface area contributed by atoms with Crippen LogP contribution in [0.2, 0.25) is 0 Å². The van der Waals surface area contributed by atoms with Crippen molar-refractivity contribution < 1.29 is 14.3 Å². The van der Waals surface area contributed by atoms with Crippen LogP contribution in [-0.2, 0) is 9.53 Å². The Balaban J connectivity index is 1.71. The van der Waals surface area contributed by atoms with Crippen LogP contribution in [0.5, 0.6) is 11.6 Å². The largest absolute Gasteiger partial charge is 0.439 e. The summed E-state index contributed by atoms with van der Waals surface area (Å²) in [6.45, 7) is 1.54. The number of methoxy groups -OCH3 is 1. The van der Waals surface area contributed by atoms with Crippen LogP contribution >= 0.6 is 0 Å². The number of rotatable bonds is 5. The number of nitrogens with one attached hydrogen (secondary N) is 2. The van der Waals surface area contributed by atoms with Gasteiger partial charge >= 0.3 is 0 Å². The Kier molecular flexibility index (Phi) is 5.08. The second-order valence-electron chi connectivity index (χ2n) is 5.70. The van der Waals surface area contributed by atoms with Gasteiger partial charge in [0.1, 0.15) is 11.4 Å². The van der Waals surface area contributed by atoms with Crippen LogP contribution in [0.1, 0.15) is 12.8 Å². The molecule has 1 fully saturated rings. The van der Waals surface area contributed by atoms with E-state index in [4.69, 9.17) is 9.47 Å². The van der Waals surface area contributed by atoms with Gasteiger partial charge in [0.25, 0.3) is 5.91 Å². The number of amides is 1. The molecule has 0 radical (unpaired) electrons. The van der Waals surface area contributed by atoms with Gasteiger partial charge in [0.15, 0.2) is 0 Å². The van der Waals surface area contributed by atoms with Crippen LogP contribution in [-0.4, -0.2) is 36.7 Å². The summed E-state index contributed by atoms with van der Waals surface area (Å²) in [4.78, 5) is 16.8. The summed E-state index contributed by atoms with van der Waals surface area (Å²) in [6, 6.07) is 12.7. The monoisotopic (exact) mass is 327 g/mol. The van der Waals surface area contributed by atoms with E-state index in [2.05, 4.69) is 15.6 Å². The highest BCUT2D eigenvalue weighted by Crippen LogP contribution is 2.27. The van der Waals surface area contributed by atoms with Crippen LogP contribution in [0.25, 0.3) is 0 Å². The number of anilines is 1. The van der Waals surface area contributed by atoms with Crippen molar-refractivity contribution in [2.75, 3.05) is 25.5 Å². The summed E-state index contributed by atoms with van der Waals surface area (Å²) in [5.74, 6) is 0.998. The zero-order chi connectivity index (χ0) is 16.8. The predicted molar refractivity (Wildman–Crippen MR) is 91.2 cm³/mol. The molecule has 3 rings (SSSR count). The first-order chi connectivity index (χ1) is 11.7. The Bertz CT molecular complexity index is 685. The molecule has 0 bridgehead atoms. The number of hydrogen-bond acceptors (Lipinski definition) is 5. The van der Waals surface area contributed by atoms with Crippen molar-refractivity contribution in [2.24, 2.45) is 0 Å². The average molecular weight is 327 g/mol. The van der Waals surface area contributed by atoms with E-state index in [0.29, 0.717) is 30.2 Å². The first kappa shape index (κ1) is 16.4. The predicted octanol–water partition coefficient (Wildman–Crippen LogP) is 2.58. The highest BCUT2D eigenvalue weighted by atomic mass is 16.5. The van der Waals surface area contributed by atoms with E-state index in [1.165, 1.54) is 0 Å². The van der Waals surface area contributed by atoms with E-state index in [1.54, 1.807) is 25.4 Å². The third-order valence-electron chi connectivity index (χ3n) is 4.17. The first-order valence-electron chi connectivity index (χ1n) is 7.98. The lowest BCUT2D eigenvalue weighted by Crippen LogP contribution is -2.51. The number of benzene rings is 1. The Morgan fingerprint density at radius 3 is 2.75 bits per heavy atom. The summed E-state index contributed by atoms with van der Waals surface area (Å²) in [6.07, 6.45) is 2.97. The Morgan fingerprint density at radius 1 is 1.21 bits per heavy atom. The molecule has 2 N–H and O–H groups in total. The summed E-state index contributed by atoms with van der Waals surface area (Å²) in [7, 11) is 1.59. The minimum atomic E-state index is -0.775. The van der Waals surface area contributed by atoms with E-state index in [-0.39, 0.29) is 5.91 Å². The fourth-order valence-corrected chi connectivity index (χ4v) is 2.77. The fourth-order valence-electron chi connectivity index (χ4n) is 2.77. The van der Waals surface area contributed by atoms with Gasteiger partial charge < -0.3 is 20.1 Å². The zero-order valence-corrected chi connectivity index (χ0v) is 13.6. The number of piperidine rings is 1. The van der Waals surface area contributed by atoms with Gasteiger partial charge in [-0.3, -0.25) is 4.79 Å². The summed E-state index contributed by atoms with van der Waals surface area (Å²) in [5.41, 5.74) is -0.105. The quantitative estimate of drug-likeness (QED) is 0.883. The van der Waals surface area contributed by atoms with Crippen molar-refractivity contribution >= 4 is 11.6 Å². The van der Waals surface area contributed by atoms with Gasteiger partial charge in [-0.1, -0.05) is 12.1 Å². The molecule has 1 amide bonds. The number of nitrogens with zero attached hydrogens (tertiary/aromatic N) is 1. The van der Waals surface area contributed by atoms with E-state index < -0.39 is 5.60 Å². The molecule has 2 aromatic rings. The van der Waals surface area contributed by atoms with Gasteiger partial charge in [-0.25, -0.2) is 4.98 Å². The molecule has 0 atom stereocenters. The van der Waals surface area contributed by atoms with Gasteiger partial charge in [-0.05, 0) is 44.1 Å². The maximum atomic E-state index is 12.7. The van der Waals surface area contributed by atoms with E-state index in [0.717, 1.165) is 13.1 Å². The van der Waals surface area contributed by atoms with Crippen LogP contribution in [0, 0.1) is 0 Å². The molecule has 1 aromatic heterocycles. The molecule has 126 valence electrons. The van der Waals surface area contributed by atoms with Gasteiger partial charge in [0.05, 0.1) is 0 Å². The van der Waals surface area contributed by atoms with Crippen molar-refractivity contribution in [3.63, 3.8) is 0 Å². The third-order valence-corrected chi connectivity index (χ3v) is 4.17.